The van der Waals surface area contributed by atoms with E-state index in [0.29, 0.717) is 34.1 Å². The number of nitrogens with two attached hydrogens (primary N) is 1. The lowest BCUT2D eigenvalue weighted by Gasteiger charge is -2.14. The van der Waals surface area contributed by atoms with Crippen LogP contribution in [0.1, 0.15) is 18.9 Å². The van der Waals surface area contributed by atoms with Gasteiger partial charge in [0.25, 0.3) is 0 Å². The summed E-state index contributed by atoms with van der Waals surface area (Å²) in [6.07, 6.45) is 6.69. The summed E-state index contributed by atoms with van der Waals surface area (Å²) in [5.41, 5.74) is 7.96. The van der Waals surface area contributed by atoms with Gasteiger partial charge in [-0.15, -0.1) is 0 Å². The second-order valence-corrected chi connectivity index (χ2v) is 8.98. The van der Waals surface area contributed by atoms with Crippen LogP contribution in [0.25, 0.3) is 21.9 Å². The molecule has 1 aromatic carbocycles. The third-order valence-corrected chi connectivity index (χ3v) is 6.93. The Bertz CT molecular complexity index is 1370. The van der Waals surface area contributed by atoms with Gasteiger partial charge in [0.1, 0.15) is 5.82 Å². The van der Waals surface area contributed by atoms with E-state index >= 15 is 4.39 Å². The predicted molar refractivity (Wildman–Crippen MR) is 128 cm³/mol. The first kappa shape index (κ1) is 21.8. The van der Waals surface area contributed by atoms with E-state index in [-0.39, 0.29) is 41.4 Å². The van der Waals surface area contributed by atoms with Crippen molar-refractivity contribution in [3.63, 3.8) is 0 Å². The minimum atomic E-state index is -0.526. The maximum atomic E-state index is 15.1. The maximum absolute atomic E-state index is 15.1. The maximum Gasteiger partial charge on any atom is 0.229 e. The van der Waals surface area contributed by atoms with Gasteiger partial charge in [-0.2, -0.15) is 5.26 Å². The van der Waals surface area contributed by atoms with Crippen molar-refractivity contribution in [2.45, 2.75) is 32.4 Å². The fraction of sp³-hybridized carbons (Fsp3) is 0.320. The molecule has 1 fully saturated rings. The van der Waals surface area contributed by atoms with E-state index < -0.39 is 5.82 Å². The first-order valence-electron chi connectivity index (χ1n) is 11.1. The zero-order chi connectivity index (χ0) is 24.0. The number of aromatic nitrogens is 2. The van der Waals surface area contributed by atoms with Gasteiger partial charge in [0.15, 0.2) is 5.82 Å². The van der Waals surface area contributed by atoms with Crippen LogP contribution in [-0.2, 0) is 4.79 Å². The molecule has 2 aromatic heterocycles. The van der Waals surface area contributed by atoms with E-state index in [1.807, 2.05) is 19.9 Å². The average molecular weight is 458 g/mol. The molecule has 1 amide bonds. The number of nitriles is 1. The Morgan fingerprint density at radius 3 is 2.85 bits per heavy atom. The number of halogens is 1. The summed E-state index contributed by atoms with van der Waals surface area (Å²) in [5, 5.41) is 16.4. The molecule has 2 aliphatic rings. The van der Waals surface area contributed by atoms with E-state index in [0.717, 1.165) is 5.56 Å². The molecule has 0 saturated heterocycles. The molecule has 172 valence electrons. The van der Waals surface area contributed by atoms with Gasteiger partial charge in [0.05, 0.1) is 24.1 Å². The Morgan fingerprint density at radius 1 is 1.32 bits per heavy atom. The number of benzene rings is 1. The summed E-state index contributed by atoms with van der Waals surface area (Å²) in [4.78, 5) is 26.0. The fourth-order valence-electron chi connectivity index (χ4n) is 5.03. The summed E-state index contributed by atoms with van der Waals surface area (Å²) in [6, 6.07) is 7.46. The van der Waals surface area contributed by atoms with Crippen LogP contribution in [0.4, 0.5) is 15.9 Å². The number of carbonyl (C=O) groups excluding carboxylic acids is 1. The Labute approximate surface area is 196 Å². The predicted octanol–water partition coefficient (Wildman–Crippen LogP) is 3.43. The molecule has 9 heteroatoms. The van der Waals surface area contributed by atoms with Crippen LogP contribution in [-0.4, -0.2) is 34.3 Å². The normalized spacial score (nSPS) is 25.1. The Morgan fingerprint density at radius 2 is 2.15 bits per heavy atom. The second-order valence-electron chi connectivity index (χ2n) is 8.98. The highest BCUT2D eigenvalue weighted by Crippen LogP contribution is 2.53. The fourth-order valence-corrected chi connectivity index (χ4v) is 5.03. The van der Waals surface area contributed by atoms with Crippen LogP contribution < -0.4 is 16.4 Å². The average Bonchev–Trinajstić information content (AvgIpc) is 3.36. The molecule has 1 aliphatic heterocycles. The SMILES string of the molecule is Cc1ccncc1-c1cc2cc(NC(=O)[C@@H]3[C@@H](CC#N)[C@@H]3C3N=CNC3C)ncc2c(N)c1F. The van der Waals surface area contributed by atoms with Crippen LogP contribution in [0.2, 0.25) is 0 Å². The Kier molecular flexibility index (Phi) is 5.36. The van der Waals surface area contributed by atoms with Crippen LogP contribution >= 0.6 is 0 Å². The minimum Gasteiger partial charge on any atom is -0.396 e. The third kappa shape index (κ3) is 3.61. The molecule has 4 N–H and O–H groups in total. The van der Waals surface area contributed by atoms with Gasteiger partial charge < -0.3 is 16.4 Å². The lowest BCUT2D eigenvalue weighted by Crippen LogP contribution is -2.31. The van der Waals surface area contributed by atoms with Gasteiger partial charge in [-0.3, -0.25) is 14.8 Å². The number of nitrogens with zero attached hydrogens (tertiary/aromatic N) is 4. The van der Waals surface area contributed by atoms with Crippen LogP contribution in [0.15, 0.2) is 41.8 Å². The second kappa shape index (κ2) is 8.37. The van der Waals surface area contributed by atoms with Crippen molar-refractivity contribution >= 4 is 34.5 Å². The molecule has 2 unspecified atom stereocenters. The smallest absolute Gasteiger partial charge is 0.229 e. The lowest BCUT2D eigenvalue weighted by atomic mass is 9.98. The molecule has 5 rings (SSSR count). The topological polar surface area (TPSA) is 129 Å². The lowest BCUT2D eigenvalue weighted by molar-refractivity contribution is -0.118. The monoisotopic (exact) mass is 457 g/mol. The van der Waals surface area contributed by atoms with Crippen molar-refractivity contribution in [3.8, 4) is 17.2 Å². The number of rotatable bonds is 5. The van der Waals surface area contributed by atoms with E-state index in [2.05, 4.69) is 31.7 Å². The van der Waals surface area contributed by atoms with Gasteiger partial charge in [-0.25, -0.2) is 9.37 Å². The van der Waals surface area contributed by atoms with Crippen LogP contribution in [0.3, 0.4) is 0 Å². The third-order valence-electron chi connectivity index (χ3n) is 6.93. The van der Waals surface area contributed by atoms with Gasteiger partial charge >= 0.3 is 0 Å². The van der Waals surface area contributed by atoms with Crippen molar-refractivity contribution in [2.24, 2.45) is 22.7 Å². The molecule has 0 bridgehead atoms. The number of nitrogen functional groups attached to an aromatic ring is 1. The first-order valence-corrected chi connectivity index (χ1v) is 11.1. The van der Waals surface area contributed by atoms with Gasteiger partial charge in [-0.1, -0.05) is 0 Å². The molecule has 0 spiro atoms. The highest BCUT2D eigenvalue weighted by Gasteiger charge is 2.59. The molecule has 3 heterocycles. The standard InChI is InChI=1S/C25H24FN7O/c1-12-4-6-29-9-17(12)16-7-14-8-19(30-10-18(14)23(28)22(16)26)33-25(34)21-15(3-5-27)20(21)24-13(2)31-11-32-24/h4,6-11,13,15,20-21,24H,3,28H2,1-2H3,(H,31,32)(H,30,33,34)/t13?,15-,20-,21+,24?/m0/s1. The summed E-state index contributed by atoms with van der Waals surface area (Å²) in [6.45, 7) is 3.90. The largest absolute Gasteiger partial charge is 0.396 e. The van der Waals surface area contributed by atoms with E-state index in [1.165, 1.54) is 6.20 Å². The number of hydrogen-bond donors (Lipinski definition) is 3. The molecule has 1 aliphatic carbocycles. The van der Waals surface area contributed by atoms with Crippen LogP contribution in [0, 0.1) is 41.8 Å². The Balaban J connectivity index is 1.44. The highest BCUT2D eigenvalue weighted by atomic mass is 19.1. The molecular formula is C25H24FN7O. The van der Waals surface area contributed by atoms with Gasteiger partial charge in [0, 0.05) is 53.5 Å². The molecule has 1 saturated carbocycles. The van der Waals surface area contributed by atoms with Gasteiger partial charge in [-0.05, 0) is 54.8 Å². The van der Waals surface area contributed by atoms with Crippen molar-refractivity contribution in [1.82, 2.24) is 15.3 Å². The van der Waals surface area contributed by atoms with Crippen molar-refractivity contribution in [1.29, 1.82) is 5.26 Å². The number of hydrogen-bond acceptors (Lipinski definition) is 7. The molecule has 34 heavy (non-hydrogen) atoms. The number of carbonyl (C=O) groups is 1. The van der Waals surface area contributed by atoms with Crippen molar-refractivity contribution < 1.29 is 9.18 Å². The number of fused-ring (bicyclic) bond motifs is 1. The Hall–Kier alpha value is -4.06. The number of amides is 1. The summed E-state index contributed by atoms with van der Waals surface area (Å²) < 4.78 is 15.1. The summed E-state index contributed by atoms with van der Waals surface area (Å²) in [5.74, 6) is -0.716. The number of pyridine rings is 2. The van der Waals surface area contributed by atoms with E-state index in [4.69, 9.17) is 5.73 Å². The van der Waals surface area contributed by atoms with Gasteiger partial charge in [0.2, 0.25) is 5.91 Å². The zero-order valence-corrected chi connectivity index (χ0v) is 18.8. The zero-order valence-electron chi connectivity index (χ0n) is 18.8. The summed E-state index contributed by atoms with van der Waals surface area (Å²) >= 11 is 0. The molecular weight excluding hydrogens is 433 g/mol. The van der Waals surface area contributed by atoms with E-state index in [1.54, 1.807) is 30.9 Å². The summed E-state index contributed by atoms with van der Waals surface area (Å²) in [7, 11) is 0. The van der Waals surface area contributed by atoms with Crippen molar-refractivity contribution in [3.05, 3.63) is 48.2 Å². The molecule has 8 nitrogen and oxygen atoms in total. The van der Waals surface area contributed by atoms with E-state index in [9.17, 15) is 10.1 Å². The minimum absolute atomic E-state index is 0.00180. The highest BCUT2D eigenvalue weighted by molar-refractivity contribution is 6.00. The first-order chi connectivity index (χ1) is 16.4. The number of anilines is 2. The molecule has 0 radical (unpaired) electrons. The number of nitrogens with one attached hydrogen (secondary N) is 2. The molecule has 3 aromatic rings. The quantitative estimate of drug-likeness (QED) is 0.504. The molecule has 5 atom stereocenters. The van der Waals surface area contributed by atoms with Crippen molar-refractivity contribution in [2.75, 3.05) is 11.1 Å². The van der Waals surface area contributed by atoms with Crippen LogP contribution in [0.5, 0.6) is 0 Å². The number of aliphatic imine (C=N–C) groups is 1. The number of aryl methyl sites for hydroxylation is 1.